The molecular formula is C6H9BrOS. The van der Waals surface area contributed by atoms with Crippen molar-refractivity contribution in [1.82, 2.24) is 0 Å². The monoisotopic (exact) mass is 208 g/mol. The topological polar surface area (TPSA) is 20.2 Å². The van der Waals surface area contributed by atoms with E-state index in [0.29, 0.717) is 5.92 Å². The highest BCUT2D eigenvalue weighted by Crippen LogP contribution is 2.34. The van der Waals surface area contributed by atoms with Crippen LogP contribution >= 0.6 is 27.7 Å². The fourth-order valence-electron chi connectivity index (χ4n) is 0.771. The molecule has 0 aromatic heterocycles. The summed E-state index contributed by atoms with van der Waals surface area (Å²) in [4.78, 5) is 1.92. The number of halogens is 1. The Kier molecular flexibility index (Phi) is 2.61. The van der Waals surface area contributed by atoms with Gasteiger partial charge in [0.15, 0.2) is 0 Å². The molecule has 1 saturated heterocycles. The highest BCUT2D eigenvalue weighted by molar-refractivity contribution is 9.11. The van der Waals surface area contributed by atoms with Crippen LogP contribution in [-0.2, 0) is 0 Å². The van der Waals surface area contributed by atoms with E-state index in [9.17, 15) is 5.11 Å². The SMILES string of the molecule is CC1C(=CBr)CSC1O. The molecule has 0 amide bonds. The van der Waals surface area contributed by atoms with Crippen LogP contribution < -0.4 is 0 Å². The van der Waals surface area contributed by atoms with Crippen LogP contribution in [-0.4, -0.2) is 16.3 Å². The zero-order chi connectivity index (χ0) is 6.85. The maximum absolute atomic E-state index is 9.20. The summed E-state index contributed by atoms with van der Waals surface area (Å²) in [5.41, 5.74) is 1.11. The lowest BCUT2D eigenvalue weighted by molar-refractivity contribution is 0.227. The molecule has 2 unspecified atom stereocenters. The molecule has 0 aliphatic carbocycles. The average molecular weight is 209 g/mol. The molecule has 1 N–H and O–H groups in total. The first-order valence-electron chi connectivity index (χ1n) is 2.84. The minimum Gasteiger partial charge on any atom is -0.382 e. The third-order valence-electron chi connectivity index (χ3n) is 1.57. The second kappa shape index (κ2) is 3.08. The van der Waals surface area contributed by atoms with Crippen molar-refractivity contribution >= 4 is 27.7 Å². The smallest absolute Gasteiger partial charge is 0.106 e. The van der Waals surface area contributed by atoms with Gasteiger partial charge in [-0.25, -0.2) is 0 Å². The van der Waals surface area contributed by atoms with Crippen LogP contribution in [0.4, 0.5) is 0 Å². The summed E-state index contributed by atoms with van der Waals surface area (Å²) < 4.78 is 0. The molecule has 0 bridgehead atoms. The van der Waals surface area contributed by atoms with Gasteiger partial charge in [0.05, 0.1) is 0 Å². The highest BCUT2D eigenvalue weighted by atomic mass is 79.9. The Morgan fingerprint density at radius 1 is 1.89 bits per heavy atom. The summed E-state index contributed by atoms with van der Waals surface area (Å²) in [6.07, 6.45) is 0. The lowest BCUT2D eigenvalue weighted by atomic mass is 10.1. The maximum Gasteiger partial charge on any atom is 0.106 e. The first kappa shape index (κ1) is 7.63. The maximum atomic E-state index is 9.20. The largest absolute Gasteiger partial charge is 0.382 e. The molecule has 52 valence electrons. The summed E-state index contributed by atoms with van der Waals surface area (Å²) in [6, 6.07) is 0. The van der Waals surface area contributed by atoms with Gasteiger partial charge in [0, 0.05) is 11.7 Å². The summed E-state index contributed by atoms with van der Waals surface area (Å²) in [7, 11) is 0. The van der Waals surface area contributed by atoms with E-state index >= 15 is 0 Å². The van der Waals surface area contributed by atoms with Gasteiger partial charge < -0.3 is 5.11 Å². The fraction of sp³-hybridized carbons (Fsp3) is 0.667. The molecule has 0 saturated carbocycles. The Labute approximate surface area is 67.7 Å². The van der Waals surface area contributed by atoms with Crippen molar-refractivity contribution < 1.29 is 5.11 Å². The second-order valence-electron chi connectivity index (χ2n) is 2.17. The van der Waals surface area contributed by atoms with E-state index in [1.54, 1.807) is 11.8 Å². The van der Waals surface area contributed by atoms with Gasteiger partial charge in [-0.2, -0.15) is 0 Å². The molecule has 1 fully saturated rings. The van der Waals surface area contributed by atoms with E-state index in [-0.39, 0.29) is 5.44 Å². The van der Waals surface area contributed by atoms with Gasteiger partial charge >= 0.3 is 0 Å². The van der Waals surface area contributed by atoms with E-state index in [0.717, 1.165) is 5.75 Å². The van der Waals surface area contributed by atoms with Crippen LogP contribution in [0.3, 0.4) is 0 Å². The van der Waals surface area contributed by atoms with Crippen molar-refractivity contribution in [2.24, 2.45) is 5.92 Å². The number of hydrogen-bond donors (Lipinski definition) is 1. The van der Waals surface area contributed by atoms with Gasteiger partial charge in [0.2, 0.25) is 0 Å². The predicted octanol–water partition coefficient (Wildman–Crippen LogP) is 1.97. The summed E-state index contributed by atoms with van der Waals surface area (Å²) in [5.74, 6) is 1.29. The van der Waals surface area contributed by atoms with Gasteiger partial charge in [0.25, 0.3) is 0 Å². The molecule has 0 aromatic carbocycles. The number of thioether (sulfide) groups is 1. The molecule has 1 nitrogen and oxygen atoms in total. The number of hydrogen-bond acceptors (Lipinski definition) is 2. The van der Waals surface area contributed by atoms with Gasteiger partial charge in [-0.1, -0.05) is 22.9 Å². The number of rotatable bonds is 0. The van der Waals surface area contributed by atoms with Crippen LogP contribution in [0.2, 0.25) is 0 Å². The molecule has 1 heterocycles. The molecule has 1 rings (SSSR count). The number of aliphatic hydroxyl groups excluding tert-OH is 1. The lowest BCUT2D eigenvalue weighted by Gasteiger charge is -2.05. The van der Waals surface area contributed by atoms with Crippen molar-refractivity contribution in [2.75, 3.05) is 5.75 Å². The van der Waals surface area contributed by atoms with Crippen LogP contribution in [0.15, 0.2) is 10.6 Å². The standard InChI is InChI=1S/C6H9BrOS/c1-4-5(2-7)3-9-6(4)8/h2,4,6,8H,3H2,1H3. The van der Waals surface area contributed by atoms with E-state index in [1.165, 1.54) is 5.57 Å². The van der Waals surface area contributed by atoms with Crippen molar-refractivity contribution in [2.45, 2.75) is 12.4 Å². The van der Waals surface area contributed by atoms with E-state index in [4.69, 9.17) is 0 Å². The van der Waals surface area contributed by atoms with Crippen LogP contribution in [0.5, 0.6) is 0 Å². The molecule has 9 heavy (non-hydrogen) atoms. The second-order valence-corrected chi connectivity index (χ2v) is 3.74. The van der Waals surface area contributed by atoms with Crippen molar-refractivity contribution in [3.8, 4) is 0 Å². The minimum atomic E-state index is -0.186. The van der Waals surface area contributed by atoms with Crippen LogP contribution in [0.25, 0.3) is 0 Å². The molecule has 2 atom stereocenters. The molecule has 0 aromatic rings. The zero-order valence-corrected chi connectivity index (χ0v) is 7.58. The average Bonchev–Trinajstić information content (AvgIpc) is 2.15. The third-order valence-corrected chi connectivity index (χ3v) is 3.41. The van der Waals surface area contributed by atoms with Gasteiger partial charge in [0.1, 0.15) is 5.44 Å². The van der Waals surface area contributed by atoms with E-state index in [1.807, 2.05) is 11.9 Å². The Morgan fingerprint density at radius 3 is 2.78 bits per heavy atom. The minimum absolute atomic E-state index is 0.186. The molecule has 1 aliphatic rings. The quantitative estimate of drug-likeness (QED) is 0.658. The molecular weight excluding hydrogens is 200 g/mol. The Morgan fingerprint density at radius 2 is 2.56 bits per heavy atom. The summed E-state index contributed by atoms with van der Waals surface area (Å²) >= 11 is 4.85. The van der Waals surface area contributed by atoms with Gasteiger partial charge in [-0.05, 0) is 10.6 Å². The van der Waals surface area contributed by atoms with Crippen molar-refractivity contribution in [3.63, 3.8) is 0 Å². The van der Waals surface area contributed by atoms with E-state index in [2.05, 4.69) is 15.9 Å². The van der Waals surface area contributed by atoms with E-state index < -0.39 is 0 Å². The highest BCUT2D eigenvalue weighted by Gasteiger charge is 2.25. The molecule has 1 aliphatic heterocycles. The number of aliphatic hydroxyl groups is 1. The zero-order valence-electron chi connectivity index (χ0n) is 5.17. The first-order chi connectivity index (χ1) is 4.25. The van der Waals surface area contributed by atoms with Crippen molar-refractivity contribution in [1.29, 1.82) is 0 Å². The predicted molar refractivity (Wildman–Crippen MR) is 44.6 cm³/mol. The van der Waals surface area contributed by atoms with Crippen LogP contribution in [0.1, 0.15) is 6.92 Å². The Balaban J connectivity index is 2.62. The van der Waals surface area contributed by atoms with Crippen LogP contribution in [0, 0.1) is 5.92 Å². The van der Waals surface area contributed by atoms with Crippen molar-refractivity contribution in [3.05, 3.63) is 10.6 Å². The Hall–Kier alpha value is 0.530. The molecule has 3 heteroatoms. The molecule has 0 radical (unpaired) electrons. The lowest BCUT2D eigenvalue weighted by Crippen LogP contribution is -2.06. The Bertz CT molecular complexity index is 135. The fourth-order valence-corrected chi connectivity index (χ4v) is 2.74. The normalized spacial score (nSPS) is 40.1. The summed E-state index contributed by atoms with van der Waals surface area (Å²) in [5, 5.41) is 9.20. The molecule has 0 spiro atoms. The van der Waals surface area contributed by atoms with Gasteiger partial charge in [-0.3, -0.25) is 0 Å². The van der Waals surface area contributed by atoms with Gasteiger partial charge in [-0.15, -0.1) is 11.8 Å². The first-order valence-corrected chi connectivity index (χ1v) is 4.81. The third kappa shape index (κ3) is 1.51. The summed E-state index contributed by atoms with van der Waals surface area (Å²) in [6.45, 7) is 2.04.